The Balaban J connectivity index is 1.86. The number of rotatable bonds is 5. The van der Waals surface area contributed by atoms with Gasteiger partial charge in [0.25, 0.3) is 11.8 Å². The van der Waals surface area contributed by atoms with Crippen LogP contribution >= 0.6 is 22.9 Å². The largest absolute Gasteiger partial charge is 0.495 e. The van der Waals surface area contributed by atoms with E-state index in [1.54, 1.807) is 18.2 Å². The SMILES string of the molecule is COc1ccc(Cl)cc1N1C(=O)C(Nc2cccc(C)c2C)=C(c2cccs2)C1=O. The Hall–Kier alpha value is -3.09. The number of ether oxygens (including phenoxy) is 1. The van der Waals surface area contributed by atoms with Crippen LogP contribution in [0.1, 0.15) is 16.0 Å². The van der Waals surface area contributed by atoms with Crippen LogP contribution in [0.25, 0.3) is 5.57 Å². The van der Waals surface area contributed by atoms with Crippen LogP contribution in [0.2, 0.25) is 5.02 Å². The molecule has 0 unspecified atom stereocenters. The van der Waals surface area contributed by atoms with Crippen molar-refractivity contribution in [3.8, 4) is 5.75 Å². The Kier molecular flexibility index (Phi) is 5.37. The molecule has 0 bridgehead atoms. The highest BCUT2D eigenvalue weighted by Crippen LogP contribution is 2.40. The first-order chi connectivity index (χ1) is 14.4. The van der Waals surface area contributed by atoms with Crippen LogP contribution < -0.4 is 15.0 Å². The predicted octanol–water partition coefficient (Wildman–Crippen LogP) is 5.42. The van der Waals surface area contributed by atoms with Gasteiger partial charge in [0.15, 0.2) is 0 Å². The van der Waals surface area contributed by atoms with E-state index in [9.17, 15) is 9.59 Å². The normalized spacial score (nSPS) is 13.9. The maximum Gasteiger partial charge on any atom is 0.282 e. The second kappa shape index (κ2) is 7.97. The lowest BCUT2D eigenvalue weighted by atomic mass is 10.1. The lowest BCUT2D eigenvalue weighted by Gasteiger charge is -2.19. The third kappa shape index (κ3) is 3.38. The van der Waals surface area contributed by atoms with Crippen LogP contribution in [0.4, 0.5) is 11.4 Å². The average Bonchev–Trinajstić information content (AvgIpc) is 3.32. The van der Waals surface area contributed by atoms with Gasteiger partial charge < -0.3 is 10.1 Å². The van der Waals surface area contributed by atoms with Crippen LogP contribution in [0.3, 0.4) is 0 Å². The number of hydrogen-bond acceptors (Lipinski definition) is 5. The molecule has 152 valence electrons. The standard InChI is InChI=1S/C23H19ClN2O3S/c1-13-6-4-7-16(14(13)2)25-21-20(19-8-5-11-30-19)22(27)26(23(21)28)17-12-15(24)9-10-18(17)29-3/h4-12,25H,1-3H3. The summed E-state index contributed by atoms with van der Waals surface area (Å²) < 4.78 is 5.38. The fourth-order valence-corrected chi connectivity index (χ4v) is 4.31. The number of anilines is 2. The Bertz CT molecular complexity index is 1190. The van der Waals surface area contributed by atoms with E-state index in [1.165, 1.54) is 18.4 Å². The summed E-state index contributed by atoms with van der Waals surface area (Å²) in [6, 6.07) is 14.3. The highest BCUT2D eigenvalue weighted by Gasteiger charge is 2.42. The fraction of sp³-hybridized carbons (Fsp3) is 0.130. The molecular formula is C23H19ClN2O3S. The number of amides is 2. The lowest BCUT2D eigenvalue weighted by molar-refractivity contribution is -0.120. The second-order valence-corrected chi connectivity index (χ2v) is 8.25. The molecule has 0 saturated carbocycles. The van der Waals surface area contributed by atoms with E-state index < -0.39 is 11.8 Å². The van der Waals surface area contributed by atoms with Crippen molar-refractivity contribution < 1.29 is 14.3 Å². The monoisotopic (exact) mass is 438 g/mol. The van der Waals surface area contributed by atoms with Crippen LogP contribution in [-0.2, 0) is 9.59 Å². The number of imide groups is 1. The first-order valence-corrected chi connectivity index (χ1v) is 10.5. The molecule has 0 radical (unpaired) electrons. The van der Waals surface area contributed by atoms with Gasteiger partial charge in [-0.05, 0) is 60.7 Å². The van der Waals surface area contributed by atoms with Gasteiger partial charge in [-0.2, -0.15) is 0 Å². The van der Waals surface area contributed by atoms with Crippen LogP contribution in [0.5, 0.6) is 5.75 Å². The van der Waals surface area contributed by atoms with Crippen LogP contribution in [0, 0.1) is 13.8 Å². The molecule has 0 spiro atoms. The summed E-state index contributed by atoms with van der Waals surface area (Å²) >= 11 is 7.56. The van der Waals surface area contributed by atoms with Gasteiger partial charge in [-0.25, -0.2) is 4.90 Å². The lowest BCUT2D eigenvalue weighted by Crippen LogP contribution is -2.32. The molecule has 1 aliphatic heterocycles. The van der Waals surface area contributed by atoms with Gasteiger partial charge in [0.1, 0.15) is 11.4 Å². The van der Waals surface area contributed by atoms with Gasteiger partial charge >= 0.3 is 0 Å². The van der Waals surface area contributed by atoms with Gasteiger partial charge in [0.2, 0.25) is 0 Å². The Morgan fingerprint density at radius 2 is 1.83 bits per heavy atom. The fourth-order valence-electron chi connectivity index (χ4n) is 3.37. The maximum atomic E-state index is 13.5. The van der Waals surface area contributed by atoms with Crippen molar-refractivity contribution in [2.24, 2.45) is 0 Å². The number of carbonyl (C=O) groups excluding carboxylic acids is 2. The molecule has 4 rings (SSSR count). The van der Waals surface area contributed by atoms with E-state index in [1.807, 2.05) is 49.6 Å². The number of methoxy groups -OCH3 is 1. The summed E-state index contributed by atoms with van der Waals surface area (Å²) in [6.45, 7) is 3.97. The average molecular weight is 439 g/mol. The minimum absolute atomic E-state index is 0.234. The molecule has 2 amide bonds. The summed E-state index contributed by atoms with van der Waals surface area (Å²) in [5, 5.41) is 5.50. The Morgan fingerprint density at radius 1 is 1.03 bits per heavy atom. The van der Waals surface area contributed by atoms with E-state index in [-0.39, 0.29) is 5.70 Å². The van der Waals surface area contributed by atoms with Crippen molar-refractivity contribution in [3.63, 3.8) is 0 Å². The zero-order chi connectivity index (χ0) is 21.4. The molecule has 7 heteroatoms. The third-order valence-electron chi connectivity index (χ3n) is 5.10. The molecule has 1 aromatic heterocycles. The van der Waals surface area contributed by atoms with E-state index in [0.717, 1.165) is 21.7 Å². The molecule has 0 aliphatic carbocycles. The molecule has 2 heterocycles. The van der Waals surface area contributed by atoms with Crippen molar-refractivity contribution in [1.82, 2.24) is 0 Å². The van der Waals surface area contributed by atoms with Crippen molar-refractivity contribution >= 4 is 51.7 Å². The van der Waals surface area contributed by atoms with E-state index >= 15 is 0 Å². The summed E-state index contributed by atoms with van der Waals surface area (Å²) in [7, 11) is 1.49. The molecule has 0 fully saturated rings. The van der Waals surface area contributed by atoms with Gasteiger partial charge in [0.05, 0.1) is 18.4 Å². The summed E-state index contributed by atoms with van der Waals surface area (Å²) in [6.07, 6.45) is 0. The molecule has 3 aromatic rings. The van der Waals surface area contributed by atoms with E-state index in [4.69, 9.17) is 16.3 Å². The van der Waals surface area contributed by atoms with Crippen LogP contribution in [-0.4, -0.2) is 18.9 Å². The van der Waals surface area contributed by atoms with Gasteiger partial charge in [-0.1, -0.05) is 29.8 Å². The second-order valence-electron chi connectivity index (χ2n) is 6.86. The summed E-state index contributed by atoms with van der Waals surface area (Å²) in [5.74, 6) is -0.486. The minimum Gasteiger partial charge on any atom is -0.495 e. The number of thiophene rings is 1. The molecular weight excluding hydrogens is 420 g/mol. The Morgan fingerprint density at radius 3 is 2.53 bits per heavy atom. The van der Waals surface area contributed by atoms with Crippen molar-refractivity contribution in [2.45, 2.75) is 13.8 Å². The van der Waals surface area contributed by atoms with Crippen molar-refractivity contribution in [2.75, 3.05) is 17.3 Å². The Labute approximate surface area is 183 Å². The van der Waals surface area contributed by atoms with Gasteiger partial charge in [-0.3, -0.25) is 9.59 Å². The number of nitrogens with one attached hydrogen (secondary N) is 1. The third-order valence-corrected chi connectivity index (χ3v) is 6.22. The molecule has 1 aliphatic rings. The smallest absolute Gasteiger partial charge is 0.282 e. The molecule has 2 aromatic carbocycles. The number of nitrogens with zero attached hydrogens (tertiary/aromatic N) is 1. The summed E-state index contributed by atoms with van der Waals surface area (Å²) in [4.78, 5) is 28.8. The highest BCUT2D eigenvalue weighted by atomic mass is 35.5. The summed E-state index contributed by atoms with van der Waals surface area (Å²) in [5.41, 5.74) is 3.75. The number of benzene rings is 2. The van der Waals surface area contributed by atoms with Crippen molar-refractivity contribution in [3.05, 3.63) is 80.6 Å². The van der Waals surface area contributed by atoms with Crippen molar-refractivity contribution in [1.29, 1.82) is 0 Å². The van der Waals surface area contributed by atoms with E-state index in [2.05, 4.69) is 5.32 Å². The highest BCUT2D eigenvalue weighted by molar-refractivity contribution is 7.11. The van der Waals surface area contributed by atoms with Gasteiger partial charge in [0, 0.05) is 15.6 Å². The number of hydrogen-bond donors (Lipinski definition) is 1. The zero-order valence-electron chi connectivity index (χ0n) is 16.7. The maximum absolute atomic E-state index is 13.5. The number of halogens is 1. The molecule has 0 atom stereocenters. The number of aryl methyl sites for hydroxylation is 1. The van der Waals surface area contributed by atoms with E-state index in [0.29, 0.717) is 26.9 Å². The molecule has 30 heavy (non-hydrogen) atoms. The van der Waals surface area contributed by atoms with Gasteiger partial charge in [-0.15, -0.1) is 11.3 Å². The predicted molar refractivity (Wildman–Crippen MR) is 121 cm³/mol. The first-order valence-electron chi connectivity index (χ1n) is 9.26. The van der Waals surface area contributed by atoms with Crippen LogP contribution in [0.15, 0.2) is 59.6 Å². The molecule has 0 saturated heterocycles. The molecule has 5 nitrogen and oxygen atoms in total. The topological polar surface area (TPSA) is 58.6 Å². The quantitative estimate of drug-likeness (QED) is 0.540. The number of carbonyl (C=O) groups is 2. The molecule has 1 N–H and O–H groups in total. The minimum atomic E-state index is -0.454. The first kappa shape index (κ1) is 20.2. The zero-order valence-corrected chi connectivity index (χ0v) is 18.2.